The number of methoxy groups -OCH3 is 1. The van der Waals surface area contributed by atoms with Crippen LogP contribution in [-0.4, -0.2) is 20.3 Å². The van der Waals surface area contributed by atoms with Gasteiger partial charge in [-0.2, -0.15) is 10.5 Å². The van der Waals surface area contributed by atoms with E-state index in [4.69, 9.17) is 9.47 Å². The van der Waals surface area contributed by atoms with Gasteiger partial charge >= 0.3 is 0 Å². The van der Waals surface area contributed by atoms with Crippen molar-refractivity contribution in [3.8, 4) is 40.1 Å². The van der Waals surface area contributed by atoms with E-state index in [9.17, 15) is 10.5 Å². The Labute approximate surface area is 165 Å². The van der Waals surface area contributed by atoms with Gasteiger partial charge in [-0.25, -0.2) is 0 Å². The van der Waals surface area contributed by atoms with Crippen molar-refractivity contribution in [1.29, 1.82) is 10.5 Å². The van der Waals surface area contributed by atoms with Crippen molar-refractivity contribution in [1.82, 2.24) is 0 Å². The molecule has 0 spiro atoms. The van der Waals surface area contributed by atoms with Gasteiger partial charge < -0.3 is 9.47 Å². The Bertz CT molecular complexity index is 1040. The van der Waals surface area contributed by atoms with Crippen molar-refractivity contribution in [3.05, 3.63) is 77.4 Å². The van der Waals surface area contributed by atoms with Gasteiger partial charge in [0.2, 0.25) is 0 Å². The van der Waals surface area contributed by atoms with Crippen LogP contribution in [0, 0.1) is 29.6 Å². The first-order valence-corrected chi connectivity index (χ1v) is 8.94. The number of rotatable bonds is 6. The summed E-state index contributed by atoms with van der Waals surface area (Å²) in [4.78, 5) is 0. The fraction of sp³-hybridized carbons (Fsp3) is 0.167. The smallest absolute Gasteiger partial charge is 0.119 e. The van der Waals surface area contributed by atoms with E-state index in [2.05, 4.69) is 12.1 Å². The molecule has 3 aromatic rings. The van der Waals surface area contributed by atoms with Crippen LogP contribution in [0.3, 0.4) is 0 Å². The zero-order valence-corrected chi connectivity index (χ0v) is 15.9. The van der Waals surface area contributed by atoms with Gasteiger partial charge in [0.15, 0.2) is 0 Å². The molecule has 0 saturated heterocycles. The van der Waals surface area contributed by atoms with Crippen LogP contribution in [0.5, 0.6) is 5.75 Å². The Kier molecular flexibility index (Phi) is 6.07. The van der Waals surface area contributed by atoms with Crippen molar-refractivity contribution in [2.24, 2.45) is 0 Å². The summed E-state index contributed by atoms with van der Waals surface area (Å²) in [6, 6.07) is 24.0. The van der Waals surface area contributed by atoms with Gasteiger partial charge in [0.25, 0.3) is 0 Å². The van der Waals surface area contributed by atoms with Crippen LogP contribution in [0.15, 0.2) is 60.7 Å². The summed E-state index contributed by atoms with van der Waals surface area (Å²) in [5.74, 6) is 0.805. The Morgan fingerprint density at radius 1 is 0.714 bits per heavy atom. The van der Waals surface area contributed by atoms with Gasteiger partial charge in [-0.05, 0) is 41.3 Å². The molecule has 0 bridgehead atoms. The molecule has 0 heterocycles. The van der Waals surface area contributed by atoms with Crippen LogP contribution in [0.2, 0.25) is 0 Å². The maximum atomic E-state index is 9.53. The molecule has 0 amide bonds. The number of aryl methyl sites for hydroxylation is 1. The molecule has 0 aromatic heterocycles. The molecule has 4 nitrogen and oxygen atoms in total. The van der Waals surface area contributed by atoms with Crippen LogP contribution in [0.4, 0.5) is 0 Å². The minimum atomic E-state index is 0.424. The van der Waals surface area contributed by atoms with Gasteiger partial charge in [-0.1, -0.05) is 48.5 Å². The molecule has 0 aliphatic rings. The number of hydrogen-bond donors (Lipinski definition) is 0. The topological polar surface area (TPSA) is 66.0 Å². The fourth-order valence-electron chi connectivity index (χ4n) is 3.04. The van der Waals surface area contributed by atoms with E-state index in [1.165, 1.54) is 0 Å². The van der Waals surface area contributed by atoms with E-state index in [0.717, 1.165) is 33.6 Å². The number of nitriles is 2. The SMILES string of the molecule is COCCOc1ccc(-c2ccc(-c3ccc(C)c(C#N)c3C#N)cc2)cc1. The zero-order valence-electron chi connectivity index (χ0n) is 15.9. The average molecular weight is 368 g/mol. The standard InChI is InChI=1S/C24H20N2O2/c1-17-3-12-22(24(16-26)23(17)15-25)20-6-4-18(5-7-20)19-8-10-21(11-9-19)28-14-13-27-2/h3-12H,13-14H2,1-2H3. The minimum absolute atomic E-state index is 0.424. The van der Waals surface area contributed by atoms with E-state index in [1.807, 2.05) is 67.6 Å². The molecule has 0 unspecified atom stereocenters. The maximum absolute atomic E-state index is 9.53. The van der Waals surface area contributed by atoms with Crippen LogP contribution >= 0.6 is 0 Å². The van der Waals surface area contributed by atoms with E-state index in [-0.39, 0.29) is 0 Å². The van der Waals surface area contributed by atoms with Crippen molar-refractivity contribution < 1.29 is 9.47 Å². The zero-order chi connectivity index (χ0) is 19.9. The average Bonchev–Trinajstić information content (AvgIpc) is 2.74. The third-order valence-corrected chi connectivity index (χ3v) is 4.58. The van der Waals surface area contributed by atoms with Gasteiger partial charge in [0, 0.05) is 12.7 Å². The molecule has 0 atom stereocenters. The van der Waals surface area contributed by atoms with Crippen molar-refractivity contribution in [2.75, 3.05) is 20.3 Å². The van der Waals surface area contributed by atoms with Gasteiger partial charge in [-0.3, -0.25) is 0 Å². The predicted octanol–water partition coefficient (Wildman–Crippen LogP) is 5.10. The molecule has 0 N–H and O–H groups in total. The number of hydrogen-bond acceptors (Lipinski definition) is 4. The van der Waals surface area contributed by atoms with E-state index in [1.54, 1.807) is 7.11 Å². The lowest BCUT2D eigenvalue weighted by Crippen LogP contribution is -2.03. The summed E-state index contributed by atoms with van der Waals surface area (Å²) < 4.78 is 10.6. The highest BCUT2D eigenvalue weighted by molar-refractivity contribution is 5.77. The third kappa shape index (κ3) is 4.04. The molecule has 0 fully saturated rings. The highest BCUT2D eigenvalue weighted by Crippen LogP contribution is 2.30. The highest BCUT2D eigenvalue weighted by atomic mass is 16.5. The molecule has 28 heavy (non-hydrogen) atoms. The molecule has 138 valence electrons. The first-order chi connectivity index (χ1) is 13.7. The summed E-state index contributed by atoms with van der Waals surface area (Å²) in [6.07, 6.45) is 0. The summed E-state index contributed by atoms with van der Waals surface area (Å²) in [6.45, 7) is 2.92. The first-order valence-electron chi connectivity index (χ1n) is 8.94. The van der Waals surface area contributed by atoms with Crippen molar-refractivity contribution in [3.63, 3.8) is 0 Å². The van der Waals surface area contributed by atoms with Crippen LogP contribution < -0.4 is 4.74 Å². The number of nitrogens with zero attached hydrogens (tertiary/aromatic N) is 2. The maximum Gasteiger partial charge on any atom is 0.119 e. The molecule has 3 rings (SSSR count). The Morgan fingerprint density at radius 2 is 1.29 bits per heavy atom. The third-order valence-electron chi connectivity index (χ3n) is 4.58. The lowest BCUT2D eigenvalue weighted by Gasteiger charge is -2.10. The summed E-state index contributed by atoms with van der Waals surface area (Å²) in [5, 5.41) is 18.9. The van der Waals surface area contributed by atoms with Gasteiger partial charge in [0.05, 0.1) is 17.7 Å². The molecule has 0 saturated carbocycles. The first kappa shape index (κ1) is 19.2. The largest absolute Gasteiger partial charge is 0.491 e. The Hall–Kier alpha value is -3.60. The molecular formula is C24H20N2O2. The monoisotopic (exact) mass is 368 g/mol. The van der Waals surface area contributed by atoms with E-state index >= 15 is 0 Å². The summed E-state index contributed by atoms with van der Waals surface area (Å²) in [5.41, 5.74) is 5.51. The fourth-order valence-corrected chi connectivity index (χ4v) is 3.04. The lowest BCUT2D eigenvalue weighted by atomic mass is 9.92. The number of ether oxygens (including phenoxy) is 2. The normalized spacial score (nSPS) is 10.1. The van der Waals surface area contributed by atoms with Crippen molar-refractivity contribution >= 4 is 0 Å². The summed E-state index contributed by atoms with van der Waals surface area (Å²) >= 11 is 0. The predicted molar refractivity (Wildman–Crippen MR) is 109 cm³/mol. The second-order valence-electron chi connectivity index (χ2n) is 6.35. The second-order valence-corrected chi connectivity index (χ2v) is 6.35. The van der Waals surface area contributed by atoms with Crippen LogP contribution in [0.25, 0.3) is 22.3 Å². The summed E-state index contributed by atoms with van der Waals surface area (Å²) in [7, 11) is 1.65. The Morgan fingerprint density at radius 3 is 1.86 bits per heavy atom. The number of benzene rings is 3. The van der Waals surface area contributed by atoms with Gasteiger partial charge in [-0.15, -0.1) is 0 Å². The molecule has 0 radical (unpaired) electrons. The molecule has 4 heteroatoms. The highest BCUT2D eigenvalue weighted by Gasteiger charge is 2.12. The molecule has 3 aromatic carbocycles. The minimum Gasteiger partial charge on any atom is -0.491 e. The van der Waals surface area contributed by atoms with Crippen LogP contribution in [-0.2, 0) is 4.74 Å². The van der Waals surface area contributed by atoms with Gasteiger partial charge in [0.1, 0.15) is 24.5 Å². The van der Waals surface area contributed by atoms with E-state index in [0.29, 0.717) is 24.3 Å². The van der Waals surface area contributed by atoms with Crippen LogP contribution in [0.1, 0.15) is 16.7 Å². The quantitative estimate of drug-likeness (QED) is 0.568. The molecular weight excluding hydrogens is 348 g/mol. The molecule has 0 aliphatic carbocycles. The molecule has 0 aliphatic heterocycles. The van der Waals surface area contributed by atoms with E-state index < -0.39 is 0 Å². The Balaban J connectivity index is 1.85. The van der Waals surface area contributed by atoms with Crippen molar-refractivity contribution in [2.45, 2.75) is 6.92 Å². The lowest BCUT2D eigenvalue weighted by molar-refractivity contribution is 0.146. The second kappa shape index (κ2) is 8.86.